The van der Waals surface area contributed by atoms with E-state index in [4.69, 9.17) is 24.1 Å². The van der Waals surface area contributed by atoms with Gasteiger partial charge in [-0.25, -0.2) is 9.59 Å². The van der Waals surface area contributed by atoms with Crippen molar-refractivity contribution < 1.29 is 43.2 Å². The average Bonchev–Trinajstić information content (AvgIpc) is 3.00. The van der Waals surface area contributed by atoms with Crippen molar-refractivity contribution in [2.24, 2.45) is 5.92 Å². The molecule has 1 fully saturated rings. The number of aliphatic hydroxyl groups is 1. The highest BCUT2D eigenvalue weighted by atomic mass is 16.6. The van der Waals surface area contributed by atoms with E-state index >= 15 is 0 Å². The topological polar surface area (TPSA) is 125 Å². The van der Waals surface area contributed by atoms with Crippen molar-refractivity contribution in [3.8, 4) is 0 Å². The molecule has 4 atom stereocenters. The number of ether oxygens (including phenoxy) is 4. The van der Waals surface area contributed by atoms with Gasteiger partial charge in [0.1, 0.15) is 24.9 Å². The molecular formula is C24H30O9. The van der Waals surface area contributed by atoms with Gasteiger partial charge in [-0.1, -0.05) is 12.7 Å². The lowest BCUT2D eigenvalue weighted by Gasteiger charge is -2.29. The minimum atomic E-state index is -0.861. The van der Waals surface area contributed by atoms with Gasteiger partial charge in [0.25, 0.3) is 0 Å². The van der Waals surface area contributed by atoms with Crippen LogP contribution in [0.25, 0.3) is 0 Å². The number of hydrogen-bond donors (Lipinski definition) is 1. The zero-order valence-corrected chi connectivity index (χ0v) is 19.3. The van der Waals surface area contributed by atoms with Crippen molar-refractivity contribution >= 4 is 23.9 Å². The van der Waals surface area contributed by atoms with Crippen molar-refractivity contribution in [3.63, 3.8) is 0 Å². The molecule has 0 aromatic carbocycles. The summed E-state index contributed by atoms with van der Waals surface area (Å²) in [5.41, 5.74) is 1.61. The number of hydrogen-bond acceptors (Lipinski definition) is 9. The molecule has 0 bridgehead atoms. The van der Waals surface area contributed by atoms with Crippen molar-refractivity contribution in [3.05, 3.63) is 47.1 Å². The summed E-state index contributed by atoms with van der Waals surface area (Å²) >= 11 is 0. The highest BCUT2D eigenvalue weighted by Gasteiger charge is 2.45. The molecule has 0 radical (unpaired) electrons. The van der Waals surface area contributed by atoms with Gasteiger partial charge in [0.2, 0.25) is 0 Å². The van der Waals surface area contributed by atoms with Crippen LogP contribution in [0.4, 0.5) is 0 Å². The Labute approximate surface area is 192 Å². The molecule has 1 aliphatic carbocycles. The maximum Gasteiger partial charge on any atom is 0.334 e. The molecule has 180 valence electrons. The maximum absolute atomic E-state index is 12.6. The second-order valence-electron chi connectivity index (χ2n) is 8.03. The van der Waals surface area contributed by atoms with Gasteiger partial charge in [0, 0.05) is 37.8 Å². The summed E-state index contributed by atoms with van der Waals surface area (Å²) in [6, 6.07) is 0. The minimum absolute atomic E-state index is 0.0664. The molecule has 0 spiro atoms. The monoisotopic (exact) mass is 462 g/mol. The predicted molar refractivity (Wildman–Crippen MR) is 116 cm³/mol. The van der Waals surface area contributed by atoms with Crippen molar-refractivity contribution in [2.75, 3.05) is 13.2 Å². The summed E-state index contributed by atoms with van der Waals surface area (Å²) in [5.74, 6) is -2.95. The Kier molecular flexibility index (Phi) is 9.16. The molecule has 1 saturated heterocycles. The van der Waals surface area contributed by atoms with E-state index in [0.717, 1.165) is 0 Å². The third-order valence-corrected chi connectivity index (χ3v) is 5.43. The lowest BCUT2D eigenvalue weighted by atomic mass is 9.85. The Hall–Kier alpha value is -3.20. The Balaban J connectivity index is 2.50. The van der Waals surface area contributed by atoms with E-state index in [1.807, 2.05) is 0 Å². The van der Waals surface area contributed by atoms with E-state index in [1.165, 1.54) is 26.8 Å². The molecule has 9 nitrogen and oxygen atoms in total. The van der Waals surface area contributed by atoms with Gasteiger partial charge in [0.05, 0.1) is 12.5 Å². The quantitative estimate of drug-likeness (QED) is 0.273. The van der Waals surface area contributed by atoms with E-state index in [9.17, 15) is 19.2 Å². The summed E-state index contributed by atoms with van der Waals surface area (Å²) < 4.78 is 21.8. The van der Waals surface area contributed by atoms with Crippen LogP contribution in [0.3, 0.4) is 0 Å². The zero-order chi connectivity index (χ0) is 24.7. The molecule has 1 aliphatic heterocycles. The third kappa shape index (κ3) is 7.15. The highest BCUT2D eigenvalue weighted by Crippen LogP contribution is 2.37. The van der Waals surface area contributed by atoms with Gasteiger partial charge in [-0.05, 0) is 37.1 Å². The van der Waals surface area contributed by atoms with Crippen LogP contribution in [0.1, 0.15) is 40.5 Å². The number of fused-ring (bicyclic) bond motifs is 1. The fourth-order valence-electron chi connectivity index (χ4n) is 3.69. The largest absolute Gasteiger partial charge is 0.461 e. The van der Waals surface area contributed by atoms with Gasteiger partial charge < -0.3 is 24.1 Å². The molecule has 1 N–H and O–H groups in total. The van der Waals surface area contributed by atoms with Gasteiger partial charge in [-0.3, -0.25) is 9.59 Å². The summed E-state index contributed by atoms with van der Waals surface area (Å²) in [5, 5.41) is 9.09. The van der Waals surface area contributed by atoms with Crippen molar-refractivity contribution in [2.45, 2.75) is 58.8 Å². The Morgan fingerprint density at radius 1 is 1.21 bits per heavy atom. The van der Waals surface area contributed by atoms with Gasteiger partial charge >= 0.3 is 23.9 Å². The van der Waals surface area contributed by atoms with Gasteiger partial charge in [-0.2, -0.15) is 0 Å². The molecule has 0 aromatic rings. The summed E-state index contributed by atoms with van der Waals surface area (Å²) in [6.45, 7) is 9.26. The second-order valence-corrected chi connectivity index (χ2v) is 8.03. The Bertz CT molecular complexity index is 909. The third-order valence-electron chi connectivity index (χ3n) is 5.43. The van der Waals surface area contributed by atoms with Crippen LogP contribution in [-0.2, 0) is 38.1 Å². The SMILES string of the molecule is C=C1C(=O)O[C@@H]2C=C(C)[C@@H](OC(C)=O)C/C=C(/COC(C)=O)C[C@H](OC(=O)/C(C)=C/CO)[C@@H]12. The normalized spacial score (nSPS) is 27.4. The first-order valence-corrected chi connectivity index (χ1v) is 10.6. The summed E-state index contributed by atoms with van der Waals surface area (Å²) in [6.07, 6.45) is 2.90. The molecule has 0 saturated carbocycles. The maximum atomic E-state index is 12.6. The molecule has 9 heteroatoms. The predicted octanol–water partition coefficient (Wildman–Crippen LogP) is 2.10. The van der Waals surface area contributed by atoms with Crippen LogP contribution in [0.15, 0.2) is 47.1 Å². The zero-order valence-electron chi connectivity index (χ0n) is 19.3. The molecule has 0 aromatic heterocycles. The summed E-state index contributed by atoms with van der Waals surface area (Å²) in [7, 11) is 0. The number of carbonyl (C=O) groups is 4. The van der Waals surface area contributed by atoms with E-state index in [1.54, 1.807) is 19.1 Å². The molecule has 2 aliphatic rings. The first-order chi connectivity index (χ1) is 15.5. The molecule has 33 heavy (non-hydrogen) atoms. The first-order valence-electron chi connectivity index (χ1n) is 10.6. The smallest absolute Gasteiger partial charge is 0.334 e. The van der Waals surface area contributed by atoms with E-state index < -0.39 is 48.1 Å². The molecule has 2 rings (SSSR count). The number of carbonyl (C=O) groups excluding carboxylic acids is 4. The lowest BCUT2D eigenvalue weighted by Crippen LogP contribution is -2.35. The lowest BCUT2D eigenvalue weighted by molar-refractivity contribution is -0.148. The van der Waals surface area contributed by atoms with Crippen molar-refractivity contribution in [1.29, 1.82) is 0 Å². The second kappa shape index (κ2) is 11.6. The number of aliphatic hydroxyl groups excluding tert-OH is 1. The highest BCUT2D eigenvalue weighted by molar-refractivity contribution is 5.92. The Morgan fingerprint density at radius 2 is 1.91 bits per heavy atom. The molecule has 0 amide bonds. The number of esters is 4. The van der Waals surface area contributed by atoms with Crippen LogP contribution in [-0.4, -0.2) is 60.5 Å². The van der Waals surface area contributed by atoms with E-state index in [0.29, 0.717) is 11.1 Å². The van der Waals surface area contributed by atoms with Crippen LogP contribution in [0.5, 0.6) is 0 Å². The van der Waals surface area contributed by atoms with Gasteiger partial charge in [-0.15, -0.1) is 0 Å². The fraction of sp³-hybridized carbons (Fsp3) is 0.500. The molecule has 0 unspecified atom stereocenters. The molecule has 1 heterocycles. The molecular weight excluding hydrogens is 432 g/mol. The summed E-state index contributed by atoms with van der Waals surface area (Å²) in [4.78, 5) is 48.0. The fourth-order valence-corrected chi connectivity index (χ4v) is 3.69. The Morgan fingerprint density at radius 3 is 2.52 bits per heavy atom. The van der Waals surface area contributed by atoms with E-state index in [-0.39, 0.29) is 37.2 Å². The first kappa shape index (κ1) is 26.1. The van der Waals surface area contributed by atoms with Crippen molar-refractivity contribution in [1.82, 2.24) is 0 Å². The van der Waals surface area contributed by atoms with Crippen LogP contribution in [0.2, 0.25) is 0 Å². The van der Waals surface area contributed by atoms with E-state index in [2.05, 4.69) is 6.58 Å². The standard InChI is InChI=1S/C24H30O9/c1-13(8-9-25)23(28)32-21-11-18(12-30-16(4)26)6-7-19(31-17(5)27)14(2)10-20-22(21)15(3)24(29)33-20/h6,8,10,19-22,25H,3,7,9,11-12H2,1-2,4-5H3/b13-8+,14-10?,18-6+/t19-,20+,21-,22-/m0/s1. The van der Waals surface area contributed by atoms with Crippen LogP contribution < -0.4 is 0 Å². The van der Waals surface area contributed by atoms with Crippen LogP contribution in [0, 0.1) is 5.92 Å². The average molecular weight is 462 g/mol. The van der Waals surface area contributed by atoms with Gasteiger partial charge in [0.15, 0.2) is 0 Å². The minimum Gasteiger partial charge on any atom is -0.461 e. The van der Waals surface area contributed by atoms with Crippen LogP contribution >= 0.6 is 0 Å². The number of rotatable bonds is 6.